The molecule has 4 heteroatoms. The van der Waals surface area contributed by atoms with Crippen LogP contribution in [0.2, 0.25) is 0 Å². The lowest BCUT2D eigenvalue weighted by molar-refractivity contribution is -0.130. The molecule has 0 radical (unpaired) electrons. The number of hydrogen-bond acceptors (Lipinski definition) is 4. The van der Waals surface area contributed by atoms with Crippen LogP contribution in [0.4, 0.5) is 0 Å². The van der Waals surface area contributed by atoms with Gasteiger partial charge in [0.15, 0.2) is 0 Å². The van der Waals surface area contributed by atoms with Crippen LogP contribution in [0.15, 0.2) is 0 Å². The van der Waals surface area contributed by atoms with E-state index in [0.717, 1.165) is 32.8 Å². The zero-order chi connectivity index (χ0) is 13.2. The molecule has 18 heavy (non-hydrogen) atoms. The molecule has 0 amide bonds. The van der Waals surface area contributed by atoms with Gasteiger partial charge in [0.05, 0.1) is 18.3 Å². The Bertz CT molecular complexity index is 265. The Labute approximate surface area is 111 Å². The lowest BCUT2D eigenvalue weighted by Gasteiger charge is -2.43. The molecule has 2 rings (SSSR count). The van der Waals surface area contributed by atoms with Crippen molar-refractivity contribution >= 4 is 0 Å². The van der Waals surface area contributed by atoms with E-state index in [1.54, 1.807) is 0 Å². The maximum atomic E-state index is 5.96. The van der Waals surface area contributed by atoms with Crippen LogP contribution in [-0.4, -0.2) is 62.5 Å². The number of morpholine rings is 1. The number of rotatable bonds is 4. The van der Waals surface area contributed by atoms with Crippen molar-refractivity contribution in [2.24, 2.45) is 5.92 Å². The summed E-state index contributed by atoms with van der Waals surface area (Å²) in [6.07, 6.45) is 1.51. The fraction of sp³-hybridized carbons (Fsp3) is 1.00. The van der Waals surface area contributed by atoms with Crippen molar-refractivity contribution in [2.45, 2.75) is 44.9 Å². The molecule has 2 saturated heterocycles. The molecule has 0 aromatic heterocycles. The van der Waals surface area contributed by atoms with Gasteiger partial charge in [-0.15, -0.1) is 0 Å². The standard InChI is InChI=1S/C14H28N2O2/c1-11-7-16(10-14(2,3)18-11)8-13(15-4)12-5-6-17-9-12/h11-13,15H,5-10H2,1-4H3. The molecule has 3 atom stereocenters. The number of nitrogens with one attached hydrogen (secondary N) is 1. The highest BCUT2D eigenvalue weighted by molar-refractivity contribution is 4.87. The van der Waals surface area contributed by atoms with Gasteiger partial charge < -0.3 is 14.8 Å². The zero-order valence-electron chi connectivity index (χ0n) is 12.2. The second-order valence-electron chi connectivity index (χ2n) is 6.40. The van der Waals surface area contributed by atoms with Gasteiger partial charge in [0.2, 0.25) is 0 Å². The van der Waals surface area contributed by atoms with Gasteiger partial charge in [-0.3, -0.25) is 4.90 Å². The van der Waals surface area contributed by atoms with E-state index in [1.165, 1.54) is 6.42 Å². The van der Waals surface area contributed by atoms with Crippen molar-refractivity contribution in [1.82, 2.24) is 10.2 Å². The highest BCUT2D eigenvalue weighted by Gasteiger charge is 2.34. The molecular weight excluding hydrogens is 228 g/mol. The average Bonchev–Trinajstić information content (AvgIpc) is 2.76. The normalized spacial score (nSPS) is 34.7. The third-order valence-corrected chi connectivity index (χ3v) is 4.00. The number of nitrogens with zero attached hydrogens (tertiary/aromatic N) is 1. The van der Waals surface area contributed by atoms with Gasteiger partial charge in [-0.2, -0.15) is 0 Å². The van der Waals surface area contributed by atoms with Gasteiger partial charge in [0.1, 0.15) is 0 Å². The number of ether oxygens (including phenoxy) is 2. The molecule has 2 fully saturated rings. The molecule has 2 aliphatic heterocycles. The first-order chi connectivity index (χ1) is 8.50. The van der Waals surface area contributed by atoms with Crippen LogP contribution in [-0.2, 0) is 9.47 Å². The van der Waals surface area contributed by atoms with Crippen molar-refractivity contribution in [3.8, 4) is 0 Å². The summed E-state index contributed by atoms with van der Waals surface area (Å²) in [4.78, 5) is 2.54. The number of hydrogen-bond donors (Lipinski definition) is 1. The maximum Gasteiger partial charge on any atom is 0.0757 e. The molecule has 3 unspecified atom stereocenters. The smallest absolute Gasteiger partial charge is 0.0757 e. The molecule has 106 valence electrons. The summed E-state index contributed by atoms with van der Waals surface area (Å²) in [5, 5.41) is 3.47. The van der Waals surface area contributed by atoms with Crippen LogP contribution in [0.5, 0.6) is 0 Å². The summed E-state index contributed by atoms with van der Waals surface area (Å²) in [6, 6.07) is 0.536. The van der Waals surface area contributed by atoms with E-state index in [1.807, 2.05) is 0 Å². The monoisotopic (exact) mass is 256 g/mol. The largest absolute Gasteiger partial charge is 0.381 e. The second-order valence-corrected chi connectivity index (χ2v) is 6.40. The Morgan fingerprint density at radius 2 is 2.22 bits per heavy atom. The van der Waals surface area contributed by atoms with Crippen LogP contribution >= 0.6 is 0 Å². The van der Waals surface area contributed by atoms with E-state index in [0.29, 0.717) is 18.1 Å². The molecule has 0 aromatic rings. The highest BCUT2D eigenvalue weighted by Crippen LogP contribution is 2.23. The van der Waals surface area contributed by atoms with Crippen molar-refractivity contribution in [3.63, 3.8) is 0 Å². The van der Waals surface area contributed by atoms with Crippen molar-refractivity contribution < 1.29 is 9.47 Å². The van der Waals surface area contributed by atoms with Gasteiger partial charge in [0.25, 0.3) is 0 Å². The van der Waals surface area contributed by atoms with Crippen LogP contribution in [0, 0.1) is 5.92 Å². The third kappa shape index (κ3) is 3.67. The topological polar surface area (TPSA) is 33.7 Å². The molecule has 0 spiro atoms. The minimum absolute atomic E-state index is 0.0257. The Kier molecular flexibility index (Phi) is 4.64. The van der Waals surface area contributed by atoms with Gasteiger partial charge in [-0.1, -0.05) is 0 Å². The fourth-order valence-corrected chi connectivity index (χ4v) is 3.35. The highest BCUT2D eigenvalue weighted by atomic mass is 16.5. The molecule has 0 saturated carbocycles. The summed E-state index contributed by atoms with van der Waals surface area (Å²) in [5.41, 5.74) is -0.0257. The van der Waals surface area contributed by atoms with Crippen LogP contribution < -0.4 is 5.32 Å². The van der Waals surface area contributed by atoms with E-state index in [-0.39, 0.29) is 5.60 Å². The molecule has 2 heterocycles. The molecule has 1 N–H and O–H groups in total. The first-order valence-corrected chi connectivity index (χ1v) is 7.15. The minimum Gasteiger partial charge on any atom is -0.381 e. The lowest BCUT2D eigenvalue weighted by Crippen LogP contribution is -2.55. The Hall–Kier alpha value is -0.160. The van der Waals surface area contributed by atoms with E-state index in [9.17, 15) is 0 Å². The Morgan fingerprint density at radius 1 is 1.44 bits per heavy atom. The zero-order valence-corrected chi connectivity index (χ0v) is 12.2. The summed E-state index contributed by atoms with van der Waals surface area (Å²) in [5.74, 6) is 0.663. The molecule has 0 aliphatic carbocycles. The second kappa shape index (κ2) is 5.87. The Morgan fingerprint density at radius 3 is 2.78 bits per heavy atom. The van der Waals surface area contributed by atoms with Gasteiger partial charge in [0, 0.05) is 38.2 Å². The van der Waals surface area contributed by atoms with E-state index < -0.39 is 0 Å². The molecule has 4 nitrogen and oxygen atoms in total. The van der Waals surface area contributed by atoms with E-state index >= 15 is 0 Å². The van der Waals surface area contributed by atoms with Gasteiger partial charge in [-0.25, -0.2) is 0 Å². The average molecular weight is 256 g/mol. The van der Waals surface area contributed by atoms with E-state index in [4.69, 9.17) is 9.47 Å². The van der Waals surface area contributed by atoms with Gasteiger partial charge in [-0.05, 0) is 34.2 Å². The third-order valence-electron chi connectivity index (χ3n) is 4.00. The quantitative estimate of drug-likeness (QED) is 0.817. The van der Waals surface area contributed by atoms with Gasteiger partial charge >= 0.3 is 0 Å². The maximum absolute atomic E-state index is 5.96. The van der Waals surface area contributed by atoms with Crippen molar-refractivity contribution in [2.75, 3.05) is 39.9 Å². The first-order valence-electron chi connectivity index (χ1n) is 7.15. The van der Waals surface area contributed by atoms with Crippen LogP contribution in [0.1, 0.15) is 27.2 Å². The first kappa shape index (κ1) is 14.3. The number of likely N-dealkylation sites (N-methyl/N-ethyl adjacent to an activating group) is 1. The summed E-state index contributed by atoms with van der Waals surface area (Å²) in [7, 11) is 2.07. The van der Waals surface area contributed by atoms with Crippen LogP contribution in [0.25, 0.3) is 0 Å². The minimum atomic E-state index is -0.0257. The molecular formula is C14H28N2O2. The molecule has 0 aromatic carbocycles. The Balaban J connectivity index is 1.90. The lowest BCUT2D eigenvalue weighted by atomic mass is 9.97. The summed E-state index contributed by atoms with van der Waals surface area (Å²) in [6.45, 7) is 11.5. The van der Waals surface area contributed by atoms with Crippen molar-refractivity contribution in [3.05, 3.63) is 0 Å². The summed E-state index contributed by atoms with van der Waals surface area (Å²) < 4.78 is 11.5. The summed E-state index contributed by atoms with van der Waals surface area (Å²) >= 11 is 0. The molecule has 2 aliphatic rings. The molecule has 0 bridgehead atoms. The van der Waals surface area contributed by atoms with E-state index in [2.05, 4.69) is 38.0 Å². The predicted molar refractivity (Wildman–Crippen MR) is 72.8 cm³/mol. The predicted octanol–water partition coefficient (Wildman–Crippen LogP) is 1.11. The van der Waals surface area contributed by atoms with Crippen LogP contribution in [0.3, 0.4) is 0 Å². The van der Waals surface area contributed by atoms with Crippen molar-refractivity contribution in [1.29, 1.82) is 0 Å². The SMILES string of the molecule is CNC(CN1CC(C)OC(C)(C)C1)C1CCOC1. The fourth-order valence-electron chi connectivity index (χ4n) is 3.35.